The van der Waals surface area contributed by atoms with Crippen LogP contribution in [0.1, 0.15) is 24.2 Å². The Bertz CT molecular complexity index is 424. The minimum absolute atomic E-state index is 0.187. The molecule has 0 saturated heterocycles. The van der Waals surface area contributed by atoms with Crippen LogP contribution in [-0.2, 0) is 6.54 Å². The first kappa shape index (κ1) is 10.6. The van der Waals surface area contributed by atoms with Crippen LogP contribution in [0, 0.1) is 0 Å². The fourth-order valence-corrected chi connectivity index (χ4v) is 1.39. The molecule has 2 aromatic heterocycles. The van der Waals surface area contributed by atoms with E-state index in [1.54, 1.807) is 18.3 Å². The van der Waals surface area contributed by atoms with Crippen molar-refractivity contribution >= 4 is 0 Å². The van der Waals surface area contributed by atoms with E-state index in [-0.39, 0.29) is 11.8 Å². The van der Waals surface area contributed by atoms with Crippen LogP contribution in [0.2, 0.25) is 0 Å². The molecule has 0 aliphatic rings. The standard InChI is InChI=1S/C11H14N4O/c1-8(9-4-14-15-5-9)12-6-10-2-3-11(16)7-13-10/h2-5,7-8,12,16H,6H2,1H3,(H,14,15). The van der Waals surface area contributed by atoms with Gasteiger partial charge in [0.15, 0.2) is 0 Å². The number of aromatic nitrogens is 3. The second kappa shape index (κ2) is 4.76. The molecule has 1 atom stereocenters. The summed E-state index contributed by atoms with van der Waals surface area (Å²) in [5, 5.41) is 19.1. The Morgan fingerprint density at radius 3 is 2.94 bits per heavy atom. The molecule has 0 radical (unpaired) electrons. The van der Waals surface area contributed by atoms with Crippen molar-refractivity contribution in [3.05, 3.63) is 42.0 Å². The molecule has 0 amide bonds. The van der Waals surface area contributed by atoms with Gasteiger partial charge in [0.25, 0.3) is 0 Å². The van der Waals surface area contributed by atoms with Gasteiger partial charge in [-0.3, -0.25) is 10.1 Å². The lowest BCUT2D eigenvalue weighted by Crippen LogP contribution is -2.18. The second-order valence-corrected chi connectivity index (χ2v) is 3.64. The first-order chi connectivity index (χ1) is 7.75. The molecule has 5 nitrogen and oxygen atoms in total. The van der Waals surface area contributed by atoms with Gasteiger partial charge >= 0.3 is 0 Å². The van der Waals surface area contributed by atoms with Crippen molar-refractivity contribution in [2.45, 2.75) is 19.5 Å². The minimum Gasteiger partial charge on any atom is -0.506 e. The van der Waals surface area contributed by atoms with E-state index in [9.17, 15) is 0 Å². The number of aromatic amines is 1. The predicted molar refractivity (Wildman–Crippen MR) is 59.7 cm³/mol. The highest BCUT2D eigenvalue weighted by Gasteiger charge is 2.05. The Labute approximate surface area is 93.5 Å². The lowest BCUT2D eigenvalue weighted by molar-refractivity contribution is 0.471. The third-order valence-electron chi connectivity index (χ3n) is 2.42. The maximum absolute atomic E-state index is 9.09. The molecule has 84 valence electrons. The van der Waals surface area contributed by atoms with Crippen LogP contribution in [0.15, 0.2) is 30.7 Å². The average Bonchev–Trinajstić information content (AvgIpc) is 2.81. The topological polar surface area (TPSA) is 73.8 Å². The molecule has 3 N–H and O–H groups in total. The number of hydrogen-bond acceptors (Lipinski definition) is 4. The smallest absolute Gasteiger partial charge is 0.133 e. The first-order valence-corrected chi connectivity index (χ1v) is 5.11. The molecule has 2 rings (SSSR count). The molecule has 0 bridgehead atoms. The van der Waals surface area contributed by atoms with Crippen molar-refractivity contribution in [1.29, 1.82) is 0 Å². The lowest BCUT2D eigenvalue weighted by Gasteiger charge is -2.11. The van der Waals surface area contributed by atoms with E-state index in [0.717, 1.165) is 11.3 Å². The molecule has 0 spiro atoms. The maximum Gasteiger partial charge on any atom is 0.133 e. The van der Waals surface area contributed by atoms with Gasteiger partial charge < -0.3 is 10.4 Å². The van der Waals surface area contributed by atoms with Gasteiger partial charge in [0.05, 0.1) is 18.1 Å². The normalized spacial score (nSPS) is 12.6. The zero-order valence-corrected chi connectivity index (χ0v) is 9.01. The highest BCUT2D eigenvalue weighted by Crippen LogP contribution is 2.11. The van der Waals surface area contributed by atoms with Crippen LogP contribution in [-0.4, -0.2) is 20.3 Å². The first-order valence-electron chi connectivity index (χ1n) is 5.11. The van der Waals surface area contributed by atoms with E-state index in [2.05, 4.69) is 27.4 Å². The molecule has 0 aliphatic heterocycles. The second-order valence-electron chi connectivity index (χ2n) is 3.64. The van der Waals surface area contributed by atoms with Gasteiger partial charge in [0.2, 0.25) is 0 Å². The summed E-state index contributed by atoms with van der Waals surface area (Å²) in [4.78, 5) is 4.10. The molecule has 0 aliphatic carbocycles. The van der Waals surface area contributed by atoms with Gasteiger partial charge in [0, 0.05) is 24.3 Å². The lowest BCUT2D eigenvalue weighted by atomic mass is 10.2. The molecular weight excluding hydrogens is 204 g/mol. The number of nitrogens with zero attached hydrogens (tertiary/aromatic N) is 2. The van der Waals surface area contributed by atoms with Crippen molar-refractivity contribution in [2.75, 3.05) is 0 Å². The summed E-state index contributed by atoms with van der Waals surface area (Å²) in [5.74, 6) is 0.187. The third-order valence-corrected chi connectivity index (χ3v) is 2.42. The number of H-pyrrole nitrogens is 1. The van der Waals surface area contributed by atoms with Crippen LogP contribution in [0.4, 0.5) is 0 Å². The monoisotopic (exact) mass is 218 g/mol. The molecule has 0 saturated carbocycles. The Hall–Kier alpha value is -1.88. The van der Waals surface area contributed by atoms with Crippen LogP contribution >= 0.6 is 0 Å². The summed E-state index contributed by atoms with van der Waals surface area (Å²) < 4.78 is 0. The quantitative estimate of drug-likeness (QED) is 0.724. The molecule has 16 heavy (non-hydrogen) atoms. The Kier molecular flexibility index (Phi) is 3.16. The fourth-order valence-electron chi connectivity index (χ4n) is 1.39. The van der Waals surface area contributed by atoms with Crippen molar-refractivity contribution in [2.24, 2.45) is 0 Å². The molecule has 2 heterocycles. The Morgan fingerprint density at radius 2 is 2.31 bits per heavy atom. The number of nitrogens with one attached hydrogen (secondary N) is 2. The third kappa shape index (κ3) is 2.58. The average molecular weight is 218 g/mol. The molecule has 2 aromatic rings. The van der Waals surface area contributed by atoms with Crippen LogP contribution < -0.4 is 5.32 Å². The van der Waals surface area contributed by atoms with Gasteiger partial charge in [0.1, 0.15) is 5.75 Å². The highest BCUT2D eigenvalue weighted by molar-refractivity contribution is 5.18. The van der Waals surface area contributed by atoms with Gasteiger partial charge in [-0.05, 0) is 19.1 Å². The van der Waals surface area contributed by atoms with Crippen molar-refractivity contribution in [3.8, 4) is 5.75 Å². The molecule has 0 aromatic carbocycles. The summed E-state index contributed by atoms with van der Waals surface area (Å²) in [5.41, 5.74) is 2.01. The largest absolute Gasteiger partial charge is 0.506 e. The fraction of sp³-hybridized carbons (Fsp3) is 0.273. The van der Waals surface area contributed by atoms with E-state index >= 15 is 0 Å². The molecule has 0 fully saturated rings. The maximum atomic E-state index is 9.09. The molecular formula is C11H14N4O. The van der Waals surface area contributed by atoms with Gasteiger partial charge in [-0.15, -0.1) is 0 Å². The van der Waals surface area contributed by atoms with Gasteiger partial charge in [-0.25, -0.2) is 0 Å². The van der Waals surface area contributed by atoms with E-state index in [1.165, 1.54) is 6.20 Å². The van der Waals surface area contributed by atoms with E-state index in [1.807, 2.05) is 6.20 Å². The number of aromatic hydroxyl groups is 1. The zero-order valence-electron chi connectivity index (χ0n) is 9.01. The summed E-state index contributed by atoms with van der Waals surface area (Å²) in [7, 11) is 0. The van der Waals surface area contributed by atoms with E-state index in [4.69, 9.17) is 5.11 Å². The van der Waals surface area contributed by atoms with Crippen molar-refractivity contribution in [3.63, 3.8) is 0 Å². The van der Waals surface area contributed by atoms with Crippen LogP contribution in [0.25, 0.3) is 0 Å². The van der Waals surface area contributed by atoms with E-state index < -0.39 is 0 Å². The summed E-state index contributed by atoms with van der Waals surface area (Å²) >= 11 is 0. The van der Waals surface area contributed by atoms with Gasteiger partial charge in [-0.2, -0.15) is 5.10 Å². The highest BCUT2D eigenvalue weighted by atomic mass is 16.3. The molecule has 1 unspecified atom stereocenters. The Morgan fingerprint density at radius 1 is 1.44 bits per heavy atom. The van der Waals surface area contributed by atoms with E-state index in [0.29, 0.717) is 6.54 Å². The summed E-state index contributed by atoms with van der Waals surface area (Å²) in [6, 6.07) is 3.64. The van der Waals surface area contributed by atoms with Crippen molar-refractivity contribution < 1.29 is 5.11 Å². The van der Waals surface area contributed by atoms with Gasteiger partial charge in [-0.1, -0.05) is 0 Å². The van der Waals surface area contributed by atoms with Crippen LogP contribution in [0.3, 0.4) is 0 Å². The van der Waals surface area contributed by atoms with Crippen molar-refractivity contribution in [1.82, 2.24) is 20.5 Å². The summed E-state index contributed by atoms with van der Waals surface area (Å²) in [6.07, 6.45) is 5.10. The van der Waals surface area contributed by atoms with Crippen LogP contribution in [0.5, 0.6) is 5.75 Å². The predicted octanol–water partition coefficient (Wildman–Crippen LogP) is 1.36. The Balaban J connectivity index is 1.90. The minimum atomic E-state index is 0.187. The SMILES string of the molecule is CC(NCc1ccc(O)cn1)c1cn[nH]c1. The number of pyridine rings is 1. The number of rotatable bonds is 4. The number of hydrogen-bond donors (Lipinski definition) is 3. The summed E-state index contributed by atoms with van der Waals surface area (Å²) in [6.45, 7) is 2.72. The molecule has 5 heteroatoms. The zero-order chi connectivity index (χ0) is 11.4.